The fraction of sp³-hybridized carbons (Fsp3) is 0.417. The Balaban J connectivity index is 0.000000604. The van der Waals surface area contributed by atoms with Crippen LogP contribution < -0.4 is 10.1 Å². The Morgan fingerprint density at radius 1 is 1.14 bits per heavy atom. The fourth-order valence-electron chi connectivity index (χ4n) is 3.32. The molecule has 1 saturated carbocycles. The SMILES string of the molecule is O=C(O)C(F)(F)F.O=C(O)CCCN(C(=O)c1cc(Cl)cc(OCCNc2ccncc2)c1)C1CCC1. The van der Waals surface area contributed by atoms with E-state index in [-0.39, 0.29) is 18.4 Å². The van der Waals surface area contributed by atoms with E-state index in [1.807, 2.05) is 12.1 Å². The van der Waals surface area contributed by atoms with Gasteiger partial charge in [0.1, 0.15) is 12.4 Å². The van der Waals surface area contributed by atoms with Crippen LogP contribution in [0.4, 0.5) is 18.9 Å². The third-order valence-corrected chi connectivity index (χ3v) is 5.53. The summed E-state index contributed by atoms with van der Waals surface area (Å²) in [6.07, 6.45) is 1.80. The Hall–Kier alpha value is -3.54. The van der Waals surface area contributed by atoms with Gasteiger partial charge in [0, 0.05) is 54.2 Å². The zero-order valence-corrected chi connectivity index (χ0v) is 20.5. The number of ether oxygens (including phenoxy) is 1. The maximum absolute atomic E-state index is 13.1. The largest absolute Gasteiger partial charge is 0.492 e. The number of rotatable bonds is 11. The third-order valence-electron chi connectivity index (χ3n) is 5.31. The average Bonchev–Trinajstić information content (AvgIpc) is 2.79. The van der Waals surface area contributed by atoms with E-state index in [1.165, 1.54) is 0 Å². The van der Waals surface area contributed by atoms with E-state index in [9.17, 15) is 22.8 Å². The Bertz CT molecular complexity index is 1050. The molecule has 0 saturated heterocycles. The second-order valence-electron chi connectivity index (χ2n) is 8.07. The predicted octanol–water partition coefficient (Wildman–Crippen LogP) is 4.72. The lowest BCUT2D eigenvalue weighted by atomic mass is 9.90. The fourth-order valence-corrected chi connectivity index (χ4v) is 3.54. The van der Waals surface area contributed by atoms with Crippen molar-refractivity contribution in [1.82, 2.24) is 9.88 Å². The molecular weight excluding hydrogens is 519 g/mol. The van der Waals surface area contributed by atoms with Crippen molar-refractivity contribution in [2.24, 2.45) is 0 Å². The molecule has 1 aliphatic rings. The molecule has 2 aromatic rings. The number of carbonyl (C=O) groups is 3. The van der Waals surface area contributed by atoms with Crippen molar-refractivity contribution in [1.29, 1.82) is 0 Å². The average molecular weight is 546 g/mol. The maximum atomic E-state index is 13.1. The quantitative estimate of drug-likeness (QED) is 0.346. The van der Waals surface area contributed by atoms with E-state index in [4.69, 9.17) is 31.3 Å². The Morgan fingerprint density at radius 3 is 2.32 bits per heavy atom. The molecule has 13 heteroatoms. The minimum absolute atomic E-state index is 0.0465. The highest BCUT2D eigenvalue weighted by molar-refractivity contribution is 6.31. The van der Waals surface area contributed by atoms with Crippen LogP contribution in [0.15, 0.2) is 42.7 Å². The lowest BCUT2D eigenvalue weighted by Gasteiger charge is -2.37. The first-order chi connectivity index (χ1) is 17.5. The van der Waals surface area contributed by atoms with Crippen LogP contribution in [0, 0.1) is 0 Å². The smallest absolute Gasteiger partial charge is 0.490 e. The molecule has 0 spiro atoms. The van der Waals surface area contributed by atoms with Gasteiger partial charge in [0.25, 0.3) is 5.91 Å². The minimum atomic E-state index is -5.08. The number of hydrogen-bond donors (Lipinski definition) is 3. The molecule has 3 N–H and O–H groups in total. The third kappa shape index (κ3) is 10.5. The number of anilines is 1. The van der Waals surface area contributed by atoms with Crippen molar-refractivity contribution in [2.75, 3.05) is 25.0 Å². The first-order valence-corrected chi connectivity index (χ1v) is 11.8. The molecule has 0 aliphatic heterocycles. The molecule has 0 bridgehead atoms. The van der Waals surface area contributed by atoms with Crippen molar-refractivity contribution < 1.29 is 42.5 Å². The van der Waals surface area contributed by atoms with Crippen LogP contribution in [-0.4, -0.2) is 69.9 Å². The van der Waals surface area contributed by atoms with Gasteiger partial charge in [0.15, 0.2) is 0 Å². The van der Waals surface area contributed by atoms with Gasteiger partial charge >= 0.3 is 18.1 Å². The summed E-state index contributed by atoms with van der Waals surface area (Å²) < 4.78 is 37.5. The Labute approximate surface area is 216 Å². The number of halogens is 4. The van der Waals surface area contributed by atoms with Crippen LogP contribution in [-0.2, 0) is 9.59 Å². The van der Waals surface area contributed by atoms with Gasteiger partial charge in [-0.15, -0.1) is 0 Å². The van der Waals surface area contributed by atoms with E-state index in [0.717, 1.165) is 24.9 Å². The number of pyridine rings is 1. The number of nitrogens with zero attached hydrogens (tertiary/aromatic N) is 2. The number of hydrogen-bond acceptors (Lipinski definition) is 6. The number of aliphatic carboxylic acids is 2. The molecule has 1 aliphatic carbocycles. The van der Waals surface area contributed by atoms with Gasteiger partial charge in [0.05, 0.1) is 0 Å². The van der Waals surface area contributed by atoms with Crippen LogP contribution in [0.3, 0.4) is 0 Å². The van der Waals surface area contributed by atoms with Gasteiger partial charge in [-0.25, -0.2) is 4.79 Å². The first kappa shape index (κ1) is 29.7. The number of carboxylic acids is 2. The van der Waals surface area contributed by atoms with Crippen molar-refractivity contribution >= 4 is 35.1 Å². The van der Waals surface area contributed by atoms with E-state index < -0.39 is 18.1 Å². The van der Waals surface area contributed by atoms with Crippen molar-refractivity contribution in [3.63, 3.8) is 0 Å². The highest BCUT2D eigenvalue weighted by atomic mass is 35.5. The van der Waals surface area contributed by atoms with Gasteiger partial charge in [-0.05, 0) is 56.0 Å². The standard InChI is InChI=1S/C22H26ClN3O4.C2HF3O2/c23-17-13-16(22(29)26(19-3-1-4-19)11-2-5-21(27)28)14-20(15-17)30-12-10-25-18-6-8-24-9-7-18;3-2(4,5)1(6)7/h6-9,13-15,19H,1-5,10-12H2,(H,24,25)(H,27,28);(H,6,7). The molecule has 0 radical (unpaired) electrons. The molecule has 1 fully saturated rings. The number of benzene rings is 1. The van der Waals surface area contributed by atoms with Gasteiger partial charge in [0.2, 0.25) is 0 Å². The van der Waals surface area contributed by atoms with E-state index >= 15 is 0 Å². The summed E-state index contributed by atoms with van der Waals surface area (Å²) in [7, 11) is 0. The number of aromatic nitrogens is 1. The van der Waals surface area contributed by atoms with E-state index in [2.05, 4.69) is 10.3 Å². The van der Waals surface area contributed by atoms with Crippen LogP contribution in [0.1, 0.15) is 42.5 Å². The lowest BCUT2D eigenvalue weighted by Crippen LogP contribution is -2.44. The molecule has 1 heterocycles. The number of carboxylic acid groups (broad SMARTS) is 2. The lowest BCUT2D eigenvalue weighted by molar-refractivity contribution is -0.192. The molecule has 1 aromatic heterocycles. The van der Waals surface area contributed by atoms with Crippen molar-refractivity contribution in [3.05, 3.63) is 53.3 Å². The van der Waals surface area contributed by atoms with Crippen LogP contribution in [0.2, 0.25) is 5.02 Å². The monoisotopic (exact) mass is 545 g/mol. The Morgan fingerprint density at radius 2 is 1.78 bits per heavy atom. The van der Waals surface area contributed by atoms with Crippen LogP contribution in [0.25, 0.3) is 0 Å². The maximum Gasteiger partial charge on any atom is 0.490 e. The van der Waals surface area contributed by atoms with Crippen molar-refractivity contribution in [2.45, 2.75) is 44.3 Å². The van der Waals surface area contributed by atoms with Gasteiger partial charge in [-0.2, -0.15) is 13.2 Å². The molecular formula is C24H27ClF3N3O6. The summed E-state index contributed by atoms with van der Waals surface area (Å²) in [4.78, 5) is 38.6. The molecule has 0 unspecified atom stereocenters. The molecule has 0 atom stereocenters. The molecule has 37 heavy (non-hydrogen) atoms. The topological polar surface area (TPSA) is 129 Å². The molecule has 9 nitrogen and oxygen atoms in total. The number of carbonyl (C=O) groups excluding carboxylic acids is 1. The summed E-state index contributed by atoms with van der Waals surface area (Å²) >= 11 is 6.23. The summed E-state index contributed by atoms with van der Waals surface area (Å²) in [5, 5.41) is 19.7. The van der Waals surface area contributed by atoms with Crippen molar-refractivity contribution in [3.8, 4) is 5.75 Å². The number of amides is 1. The van der Waals surface area contributed by atoms with Crippen LogP contribution >= 0.6 is 11.6 Å². The predicted molar refractivity (Wildman–Crippen MR) is 129 cm³/mol. The van der Waals surface area contributed by atoms with Gasteiger partial charge < -0.3 is 25.2 Å². The second-order valence-corrected chi connectivity index (χ2v) is 8.51. The number of nitrogens with one attached hydrogen (secondary N) is 1. The summed E-state index contributed by atoms with van der Waals surface area (Å²) in [6, 6.07) is 8.92. The summed E-state index contributed by atoms with van der Waals surface area (Å²) in [6.45, 7) is 1.42. The highest BCUT2D eigenvalue weighted by Crippen LogP contribution is 2.29. The van der Waals surface area contributed by atoms with E-state index in [1.54, 1.807) is 35.5 Å². The second kappa shape index (κ2) is 14.3. The zero-order valence-electron chi connectivity index (χ0n) is 19.7. The zero-order chi connectivity index (χ0) is 27.4. The highest BCUT2D eigenvalue weighted by Gasteiger charge is 2.38. The van der Waals surface area contributed by atoms with Gasteiger partial charge in [-0.1, -0.05) is 11.6 Å². The molecule has 1 amide bonds. The minimum Gasteiger partial charge on any atom is -0.492 e. The Kier molecular flexibility index (Phi) is 11.4. The summed E-state index contributed by atoms with van der Waals surface area (Å²) in [5.41, 5.74) is 1.41. The molecule has 202 valence electrons. The van der Waals surface area contributed by atoms with E-state index in [0.29, 0.717) is 42.5 Å². The summed E-state index contributed by atoms with van der Waals surface area (Å²) in [5.74, 6) is -3.21. The van der Waals surface area contributed by atoms with Gasteiger partial charge in [-0.3, -0.25) is 14.6 Å². The normalized spacial score (nSPS) is 13.0. The first-order valence-electron chi connectivity index (χ1n) is 11.4. The van der Waals surface area contributed by atoms with Crippen LogP contribution in [0.5, 0.6) is 5.75 Å². The molecule has 3 rings (SSSR count). The molecule has 1 aromatic carbocycles. The number of alkyl halides is 3.